The summed E-state index contributed by atoms with van der Waals surface area (Å²) in [5.41, 5.74) is 10.2. The lowest BCUT2D eigenvalue weighted by atomic mass is 9.73. The first-order valence-corrected chi connectivity index (χ1v) is 11.8. The van der Waals surface area contributed by atoms with E-state index in [9.17, 15) is 5.11 Å². The van der Waals surface area contributed by atoms with Crippen LogP contribution in [0.2, 0.25) is 10.0 Å². The van der Waals surface area contributed by atoms with E-state index in [1.165, 1.54) is 0 Å². The first-order chi connectivity index (χ1) is 15.9. The van der Waals surface area contributed by atoms with Crippen LogP contribution in [0.25, 0.3) is 16.8 Å². The molecule has 0 bridgehead atoms. The van der Waals surface area contributed by atoms with Crippen LogP contribution in [-0.2, 0) is 11.3 Å². The summed E-state index contributed by atoms with van der Waals surface area (Å²) < 4.78 is 7.72. The minimum absolute atomic E-state index is 0.0363. The van der Waals surface area contributed by atoms with Crippen molar-refractivity contribution in [2.75, 3.05) is 24.6 Å². The molecule has 2 aliphatic heterocycles. The van der Waals surface area contributed by atoms with E-state index < -0.39 is 0 Å². The van der Waals surface area contributed by atoms with Gasteiger partial charge in [0, 0.05) is 30.1 Å². The average Bonchev–Trinajstić information content (AvgIpc) is 3.38. The normalized spacial score (nSPS) is 22.4. The number of piperidine rings is 1. The van der Waals surface area contributed by atoms with E-state index in [0.717, 1.165) is 54.2 Å². The predicted octanol–water partition coefficient (Wildman–Crippen LogP) is 4.00. The molecular weight excluding hydrogens is 461 g/mol. The molecule has 4 heterocycles. The number of aromatic nitrogens is 3. The van der Waals surface area contributed by atoms with Crippen molar-refractivity contribution in [1.29, 1.82) is 0 Å². The van der Waals surface area contributed by atoms with Crippen LogP contribution in [0.1, 0.15) is 24.2 Å². The van der Waals surface area contributed by atoms with Crippen molar-refractivity contribution in [2.45, 2.75) is 38.5 Å². The molecule has 0 unspecified atom stereocenters. The zero-order chi connectivity index (χ0) is 23.3. The highest BCUT2D eigenvalue weighted by atomic mass is 35.5. The van der Waals surface area contributed by atoms with E-state index in [2.05, 4.69) is 16.6 Å². The molecule has 1 spiro atoms. The Morgan fingerprint density at radius 2 is 2.09 bits per heavy atom. The number of nitrogens with two attached hydrogens (primary N) is 1. The third-order valence-corrected chi connectivity index (χ3v) is 7.92. The molecule has 3 N–H and O–H groups in total. The largest absolute Gasteiger partial charge is 0.390 e. The fourth-order valence-electron chi connectivity index (χ4n) is 5.15. The summed E-state index contributed by atoms with van der Waals surface area (Å²) in [5.74, 6) is 0.837. The Morgan fingerprint density at radius 3 is 2.76 bits per heavy atom. The SMILES string of the molecule is C=C[C@@H]1OCC2(CCN(c3nc(C)c(-c4cccc(Cl)c4Cl)n4nc(CO)cc34)CC2)[C@@H]1N. The lowest BCUT2D eigenvalue weighted by molar-refractivity contribution is 0.110. The third kappa shape index (κ3) is 3.63. The van der Waals surface area contributed by atoms with Gasteiger partial charge in [-0.2, -0.15) is 5.10 Å². The summed E-state index contributed by atoms with van der Waals surface area (Å²) in [4.78, 5) is 7.26. The van der Waals surface area contributed by atoms with Crippen LogP contribution in [0.15, 0.2) is 36.9 Å². The van der Waals surface area contributed by atoms with Gasteiger partial charge in [0.25, 0.3) is 0 Å². The van der Waals surface area contributed by atoms with Gasteiger partial charge in [0.05, 0.1) is 46.4 Å². The minimum Gasteiger partial charge on any atom is -0.390 e. The van der Waals surface area contributed by atoms with Crippen molar-refractivity contribution in [2.24, 2.45) is 11.1 Å². The first-order valence-electron chi connectivity index (χ1n) is 11.1. The number of nitrogens with zero attached hydrogens (tertiary/aromatic N) is 4. The summed E-state index contributed by atoms with van der Waals surface area (Å²) in [6.07, 6.45) is 3.54. The van der Waals surface area contributed by atoms with Crippen molar-refractivity contribution in [3.8, 4) is 11.3 Å². The number of hydrogen-bond acceptors (Lipinski definition) is 6. The Balaban J connectivity index is 1.55. The van der Waals surface area contributed by atoms with E-state index in [1.807, 2.05) is 35.7 Å². The molecule has 5 rings (SSSR count). The molecule has 2 fully saturated rings. The van der Waals surface area contributed by atoms with Crippen LogP contribution in [0.4, 0.5) is 5.82 Å². The third-order valence-electron chi connectivity index (χ3n) is 7.10. The zero-order valence-corrected chi connectivity index (χ0v) is 20.0. The van der Waals surface area contributed by atoms with Crippen molar-refractivity contribution in [3.63, 3.8) is 0 Å². The molecule has 174 valence electrons. The molecule has 9 heteroatoms. The fraction of sp³-hybridized carbons (Fsp3) is 0.417. The second-order valence-electron chi connectivity index (χ2n) is 8.95. The summed E-state index contributed by atoms with van der Waals surface area (Å²) >= 11 is 12.8. The Labute approximate surface area is 202 Å². The Bertz CT molecular complexity index is 1220. The van der Waals surface area contributed by atoms with Gasteiger partial charge in [-0.15, -0.1) is 6.58 Å². The molecule has 33 heavy (non-hydrogen) atoms. The number of ether oxygens (including phenoxy) is 1. The van der Waals surface area contributed by atoms with Crippen LogP contribution in [0.3, 0.4) is 0 Å². The fourth-order valence-corrected chi connectivity index (χ4v) is 5.54. The first kappa shape index (κ1) is 22.6. The molecule has 2 aromatic heterocycles. The molecule has 1 aromatic carbocycles. The molecule has 0 aliphatic carbocycles. The van der Waals surface area contributed by atoms with E-state index in [4.69, 9.17) is 38.7 Å². The van der Waals surface area contributed by atoms with Crippen LogP contribution in [0.5, 0.6) is 0 Å². The highest BCUT2D eigenvalue weighted by Gasteiger charge is 2.48. The number of aliphatic hydroxyl groups excluding tert-OH is 1. The Kier molecular flexibility index (Phi) is 5.87. The second kappa shape index (κ2) is 8.56. The number of halogens is 2. The Hall–Kier alpha value is -2.16. The molecule has 0 saturated carbocycles. The van der Waals surface area contributed by atoms with Gasteiger partial charge in [0.1, 0.15) is 5.52 Å². The number of benzene rings is 1. The zero-order valence-electron chi connectivity index (χ0n) is 18.5. The minimum atomic E-state index is -0.166. The predicted molar refractivity (Wildman–Crippen MR) is 131 cm³/mol. The molecule has 7 nitrogen and oxygen atoms in total. The molecule has 0 radical (unpaired) electrons. The summed E-state index contributed by atoms with van der Waals surface area (Å²) in [6.45, 7) is 7.91. The second-order valence-corrected chi connectivity index (χ2v) is 9.73. The van der Waals surface area contributed by atoms with Gasteiger partial charge in [-0.05, 0) is 31.9 Å². The molecule has 2 atom stereocenters. The Morgan fingerprint density at radius 1 is 1.33 bits per heavy atom. The van der Waals surface area contributed by atoms with Crippen LogP contribution >= 0.6 is 23.2 Å². The lowest BCUT2D eigenvalue weighted by Gasteiger charge is -2.41. The molecule has 2 aliphatic rings. The molecule has 3 aromatic rings. The molecule has 0 amide bonds. The maximum atomic E-state index is 9.79. The lowest BCUT2D eigenvalue weighted by Crippen LogP contribution is -2.51. The summed E-state index contributed by atoms with van der Waals surface area (Å²) in [7, 11) is 0. The number of aliphatic hydroxyl groups is 1. The van der Waals surface area contributed by atoms with E-state index in [-0.39, 0.29) is 24.2 Å². The van der Waals surface area contributed by atoms with Gasteiger partial charge in [-0.1, -0.05) is 41.4 Å². The summed E-state index contributed by atoms with van der Waals surface area (Å²) in [5, 5.41) is 15.4. The van der Waals surface area contributed by atoms with Gasteiger partial charge >= 0.3 is 0 Å². The van der Waals surface area contributed by atoms with E-state index in [1.54, 1.807) is 6.07 Å². The highest BCUT2D eigenvalue weighted by molar-refractivity contribution is 6.43. The van der Waals surface area contributed by atoms with Gasteiger partial charge in [0.15, 0.2) is 5.82 Å². The number of rotatable bonds is 4. The van der Waals surface area contributed by atoms with Crippen molar-refractivity contribution in [1.82, 2.24) is 14.6 Å². The standard InChI is InChI=1S/C24H27Cl2N5O2/c1-3-19-22(27)24(13-33-19)7-9-30(10-8-24)23-18-11-15(12-32)29-31(18)21(14(2)28-23)16-5-4-6-17(25)20(16)26/h3-6,11,19,22,32H,1,7-10,12-13,27H2,2H3/t19-,22+/m0/s1. The van der Waals surface area contributed by atoms with Crippen LogP contribution < -0.4 is 10.6 Å². The van der Waals surface area contributed by atoms with Crippen molar-refractivity contribution in [3.05, 3.63) is 58.4 Å². The number of anilines is 1. The highest BCUT2D eigenvalue weighted by Crippen LogP contribution is 2.43. The maximum Gasteiger partial charge on any atom is 0.155 e. The number of fused-ring (bicyclic) bond motifs is 1. The number of hydrogen-bond donors (Lipinski definition) is 2. The maximum absolute atomic E-state index is 9.79. The van der Waals surface area contributed by atoms with Gasteiger partial charge < -0.3 is 20.5 Å². The molecular formula is C24H27Cl2N5O2. The van der Waals surface area contributed by atoms with Gasteiger partial charge in [-0.3, -0.25) is 0 Å². The van der Waals surface area contributed by atoms with Gasteiger partial charge in [-0.25, -0.2) is 9.50 Å². The quantitative estimate of drug-likeness (QED) is 0.540. The topological polar surface area (TPSA) is 88.9 Å². The van der Waals surface area contributed by atoms with Crippen LogP contribution in [0, 0.1) is 12.3 Å². The average molecular weight is 488 g/mol. The molecule has 2 saturated heterocycles. The van der Waals surface area contributed by atoms with E-state index >= 15 is 0 Å². The van der Waals surface area contributed by atoms with Gasteiger partial charge in [0.2, 0.25) is 0 Å². The van der Waals surface area contributed by atoms with Crippen molar-refractivity contribution >= 4 is 34.5 Å². The van der Waals surface area contributed by atoms with Crippen LogP contribution in [-0.4, -0.2) is 51.5 Å². The summed E-state index contributed by atoms with van der Waals surface area (Å²) in [6, 6.07) is 7.34. The van der Waals surface area contributed by atoms with Crippen molar-refractivity contribution < 1.29 is 9.84 Å². The monoisotopic (exact) mass is 487 g/mol. The number of aryl methyl sites for hydroxylation is 1. The van der Waals surface area contributed by atoms with E-state index in [0.29, 0.717) is 22.3 Å². The smallest absolute Gasteiger partial charge is 0.155 e.